The fraction of sp³-hybridized carbons (Fsp3) is 0.867. The predicted molar refractivity (Wildman–Crippen MR) is 78.7 cm³/mol. The summed E-state index contributed by atoms with van der Waals surface area (Å²) in [6.07, 6.45) is 1.05. The van der Waals surface area contributed by atoms with Crippen molar-refractivity contribution in [1.82, 2.24) is 4.90 Å². The molecule has 118 valence electrons. The van der Waals surface area contributed by atoms with Crippen LogP contribution >= 0.6 is 0 Å². The van der Waals surface area contributed by atoms with E-state index >= 15 is 0 Å². The molecule has 0 saturated carbocycles. The number of carboxylic acid groups (broad SMARTS) is 1. The summed E-state index contributed by atoms with van der Waals surface area (Å²) in [5.41, 5.74) is -1.85. The van der Waals surface area contributed by atoms with Gasteiger partial charge in [-0.1, -0.05) is 27.2 Å². The van der Waals surface area contributed by atoms with Crippen LogP contribution in [0.4, 0.5) is 4.79 Å². The van der Waals surface area contributed by atoms with Gasteiger partial charge in [-0.2, -0.15) is 0 Å². The molecule has 0 aromatic carbocycles. The number of amides is 1. The number of likely N-dealkylation sites (N-methyl/N-ethyl adjacent to an activating group) is 1. The quantitative estimate of drug-likeness (QED) is 0.811. The van der Waals surface area contributed by atoms with Crippen LogP contribution in [0.3, 0.4) is 0 Å². The largest absolute Gasteiger partial charge is 0.479 e. The average Bonchev–Trinajstić information content (AvgIpc) is 2.32. The molecule has 2 atom stereocenters. The van der Waals surface area contributed by atoms with E-state index in [0.29, 0.717) is 12.8 Å². The lowest BCUT2D eigenvalue weighted by Gasteiger charge is -2.39. The van der Waals surface area contributed by atoms with Crippen molar-refractivity contribution in [3.63, 3.8) is 0 Å². The third-order valence-electron chi connectivity index (χ3n) is 3.68. The predicted octanol–water partition coefficient (Wildman–Crippen LogP) is 3.52. The molecule has 0 fully saturated rings. The van der Waals surface area contributed by atoms with Gasteiger partial charge >= 0.3 is 12.1 Å². The molecular formula is C15H29NO4. The van der Waals surface area contributed by atoms with Crippen molar-refractivity contribution in [2.45, 2.75) is 71.9 Å². The number of ether oxygens (including phenoxy) is 1. The van der Waals surface area contributed by atoms with E-state index in [2.05, 4.69) is 0 Å². The second-order valence-corrected chi connectivity index (χ2v) is 6.45. The zero-order chi connectivity index (χ0) is 16.1. The summed E-state index contributed by atoms with van der Waals surface area (Å²) in [7, 11) is 1.51. The smallest absolute Gasteiger partial charge is 0.410 e. The molecule has 0 saturated heterocycles. The van der Waals surface area contributed by atoms with Crippen molar-refractivity contribution >= 4 is 12.1 Å². The Labute approximate surface area is 122 Å². The summed E-state index contributed by atoms with van der Waals surface area (Å²) in [6.45, 7) is 11.1. The molecule has 5 heteroatoms. The number of hydrogen-bond acceptors (Lipinski definition) is 3. The molecule has 2 unspecified atom stereocenters. The minimum atomic E-state index is -1.21. The molecule has 1 amide bonds. The zero-order valence-electron chi connectivity index (χ0n) is 13.8. The van der Waals surface area contributed by atoms with Gasteiger partial charge in [-0.05, 0) is 39.5 Å². The second kappa shape index (κ2) is 6.95. The van der Waals surface area contributed by atoms with Crippen molar-refractivity contribution in [3.8, 4) is 0 Å². The van der Waals surface area contributed by atoms with Gasteiger partial charge in [-0.25, -0.2) is 9.59 Å². The Morgan fingerprint density at radius 1 is 1.25 bits per heavy atom. The summed E-state index contributed by atoms with van der Waals surface area (Å²) >= 11 is 0. The SMILES string of the molecule is CCC(C)CC(CC)(C(=O)O)N(C)C(=O)OC(C)(C)C. The highest BCUT2D eigenvalue weighted by molar-refractivity contribution is 5.84. The number of rotatable bonds is 6. The number of carbonyl (C=O) groups excluding carboxylic acids is 1. The van der Waals surface area contributed by atoms with Gasteiger partial charge in [0.2, 0.25) is 0 Å². The fourth-order valence-corrected chi connectivity index (χ4v) is 2.13. The molecule has 20 heavy (non-hydrogen) atoms. The number of hydrogen-bond donors (Lipinski definition) is 1. The van der Waals surface area contributed by atoms with E-state index in [1.807, 2.05) is 13.8 Å². The fourth-order valence-electron chi connectivity index (χ4n) is 2.13. The van der Waals surface area contributed by atoms with Crippen LogP contribution in [0.15, 0.2) is 0 Å². The van der Waals surface area contributed by atoms with Crippen molar-refractivity contribution in [3.05, 3.63) is 0 Å². The van der Waals surface area contributed by atoms with E-state index in [1.165, 1.54) is 11.9 Å². The van der Waals surface area contributed by atoms with Crippen LogP contribution in [0.25, 0.3) is 0 Å². The summed E-state index contributed by atoms with van der Waals surface area (Å²) in [5, 5.41) is 9.64. The molecule has 0 spiro atoms. The van der Waals surface area contributed by atoms with Crippen molar-refractivity contribution in [2.24, 2.45) is 5.92 Å². The molecule has 5 nitrogen and oxygen atoms in total. The first-order valence-corrected chi connectivity index (χ1v) is 7.20. The summed E-state index contributed by atoms with van der Waals surface area (Å²) in [6, 6.07) is 0. The van der Waals surface area contributed by atoms with Crippen LogP contribution < -0.4 is 0 Å². The monoisotopic (exact) mass is 287 g/mol. The minimum Gasteiger partial charge on any atom is -0.479 e. The first-order valence-electron chi connectivity index (χ1n) is 7.20. The van der Waals surface area contributed by atoms with Crippen molar-refractivity contribution < 1.29 is 19.4 Å². The van der Waals surface area contributed by atoms with E-state index in [-0.39, 0.29) is 5.92 Å². The molecule has 0 aliphatic rings. The summed E-state index contributed by atoms with van der Waals surface area (Å²) in [4.78, 5) is 25.2. The van der Waals surface area contributed by atoms with Crippen molar-refractivity contribution in [2.75, 3.05) is 7.05 Å². The highest BCUT2D eigenvalue weighted by atomic mass is 16.6. The maximum Gasteiger partial charge on any atom is 0.410 e. The first-order chi connectivity index (χ1) is 9.00. The molecule has 0 aromatic heterocycles. The third kappa shape index (κ3) is 4.69. The van der Waals surface area contributed by atoms with Gasteiger partial charge in [0, 0.05) is 7.05 Å². The van der Waals surface area contributed by atoms with E-state index in [9.17, 15) is 14.7 Å². The molecule has 1 N–H and O–H groups in total. The lowest BCUT2D eigenvalue weighted by atomic mass is 9.83. The van der Waals surface area contributed by atoms with Gasteiger partial charge in [0.15, 0.2) is 0 Å². The second-order valence-electron chi connectivity index (χ2n) is 6.45. The number of nitrogens with zero attached hydrogens (tertiary/aromatic N) is 1. The first kappa shape index (κ1) is 18.7. The minimum absolute atomic E-state index is 0.218. The van der Waals surface area contributed by atoms with Crippen LogP contribution in [0.5, 0.6) is 0 Å². The Kier molecular flexibility index (Phi) is 6.51. The molecule has 0 heterocycles. The van der Waals surface area contributed by atoms with Crippen LogP contribution in [-0.4, -0.2) is 40.3 Å². The van der Waals surface area contributed by atoms with E-state index < -0.39 is 23.2 Å². The van der Waals surface area contributed by atoms with Gasteiger partial charge in [-0.3, -0.25) is 4.90 Å². The lowest BCUT2D eigenvalue weighted by molar-refractivity contribution is -0.152. The molecular weight excluding hydrogens is 258 g/mol. The standard InChI is InChI=1S/C15H29NO4/c1-8-11(3)10-15(9-2,12(17)18)16(7)13(19)20-14(4,5)6/h11H,8-10H2,1-7H3,(H,17,18). The van der Waals surface area contributed by atoms with Crippen LogP contribution in [0.2, 0.25) is 0 Å². The Bertz CT molecular complexity index is 348. The average molecular weight is 287 g/mol. The molecule has 0 aliphatic carbocycles. The summed E-state index contributed by atoms with van der Waals surface area (Å²) in [5.74, 6) is -0.760. The topological polar surface area (TPSA) is 66.8 Å². The van der Waals surface area contributed by atoms with Crippen LogP contribution in [-0.2, 0) is 9.53 Å². The highest BCUT2D eigenvalue weighted by Crippen LogP contribution is 2.30. The van der Waals surface area contributed by atoms with Crippen molar-refractivity contribution in [1.29, 1.82) is 0 Å². The Morgan fingerprint density at radius 3 is 2.05 bits per heavy atom. The number of carboxylic acids is 1. The molecule has 0 aromatic rings. The number of aliphatic carboxylic acids is 1. The van der Waals surface area contributed by atoms with Gasteiger partial charge in [-0.15, -0.1) is 0 Å². The summed E-state index contributed by atoms with van der Waals surface area (Å²) < 4.78 is 5.30. The molecule has 0 rings (SSSR count). The van der Waals surface area contributed by atoms with Gasteiger partial charge in [0.05, 0.1) is 0 Å². The van der Waals surface area contributed by atoms with E-state index in [4.69, 9.17) is 4.74 Å². The normalized spacial score (nSPS) is 16.1. The third-order valence-corrected chi connectivity index (χ3v) is 3.68. The Balaban J connectivity index is 5.31. The molecule has 0 radical (unpaired) electrons. The van der Waals surface area contributed by atoms with Gasteiger partial charge < -0.3 is 9.84 Å². The van der Waals surface area contributed by atoms with Gasteiger partial charge in [0.1, 0.15) is 11.1 Å². The number of carbonyl (C=O) groups is 2. The van der Waals surface area contributed by atoms with Crippen LogP contribution in [0.1, 0.15) is 60.8 Å². The van der Waals surface area contributed by atoms with Crippen LogP contribution in [0, 0.1) is 5.92 Å². The van der Waals surface area contributed by atoms with E-state index in [1.54, 1.807) is 27.7 Å². The highest BCUT2D eigenvalue weighted by Gasteiger charge is 2.45. The molecule has 0 aliphatic heterocycles. The maximum atomic E-state index is 12.2. The zero-order valence-corrected chi connectivity index (χ0v) is 13.8. The lowest BCUT2D eigenvalue weighted by Crippen LogP contribution is -2.56. The Hall–Kier alpha value is -1.26. The molecule has 0 bridgehead atoms. The maximum absolute atomic E-state index is 12.2. The van der Waals surface area contributed by atoms with Gasteiger partial charge in [0.25, 0.3) is 0 Å². The van der Waals surface area contributed by atoms with E-state index in [0.717, 1.165) is 6.42 Å². The Morgan fingerprint density at radius 2 is 1.75 bits per heavy atom.